The summed E-state index contributed by atoms with van der Waals surface area (Å²) < 4.78 is 27.0. The molecule has 2 amide bonds. The minimum Gasteiger partial charge on any atom is -0.389 e. The molecular formula is C24H34F2N2O5. The van der Waals surface area contributed by atoms with Crippen molar-refractivity contribution in [2.24, 2.45) is 5.92 Å². The number of aliphatic hydroxyl groups is 3. The van der Waals surface area contributed by atoms with E-state index in [1.165, 1.54) is 17.9 Å². The molecule has 1 aromatic rings. The first kappa shape index (κ1) is 26.9. The predicted octanol–water partition coefficient (Wildman–Crippen LogP) is 2.04. The summed E-state index contributed by atoms with van der Waals surface area (Å²) in [5, 5.41) is 33.2. The van der Waals surface area contributed by atoms with Crippen molar-refractivity contribution in [1.82, 2.24) is 10.2 Å². The van der Waals surface area contributed by atoms with Crippen LogP contribution in [0.5, 0.6) is 0 Å². The molecule has 184 valence electrons. The molecule has 1 heterocycles. The molecular weight excluding hydrogens is 434 g/mol. The lowest BCUT2D eigenvalue weighted by Gasteiger charge is -2.28. The van der Waals surface area contributed by atoms with Crippen molar-refractivity contribution in [3.05, 3.63) is 47.5 Å². The fourth-order valence-electron chi connectivity index (χ4n) is 3.79. The third-order valence-electron chi connectivity index (χ3n) is 5.81. The van der Waals surface area contributed by atoms with Gasteiger partial charge in [0.25, 0.3) is 0 Å². The van der Waals surface area contributed by atoms with Crippen LogP contribution in [0, 0.1) is 17.6 Å². The average molecular weight is 469 g/mol. The van der Waals surface area contributed by atoms with E-state index in [-0.39, 0.29) is 12.5 Å². The summed E-state index contributed by atoms with van der Waals surface area (Å²) in [6.07, 6.45) is 1.91. The van der Waals surface area contributed by atoms with Gasteiger partial charge in [-0.3, -0.25) is 9.59 Å². The lowest BCUT2D eigenvalue weighted by atomic mass is 9.94. The van der Waals surface area contributed by atoms with Crippen molar-refractivity contribution in [2.45, 2.75) is 76.9 Å². The molecule has 9 heteroatoms. The number of unbranched alkanes of at least 4 members (excludes halogenated alkanes) is 1. The Kier molecular flexibility index (Phi) is 10.4. The van der Waals surface area contributed by atoms with Crippen LogP contribution in [-0.2, 0) is 16.1 Å². The number of halogens is 2. The molecule has 0 bridgehead atoms. The van der Waals surface area contributed by atoms with Gasteiger partial charge in [0.05, 0.1) is 12.0 Å². The van der Waals surface area contributed by atoms with Crippen molar-refractivity contribution >= 4 is 11.8 Å². The van der Waals surface area contributed by atoms with Crippen LogP contribution in [0.4, 0.5) is 8.78 Å². The quantitative estimate of drug-likeness (QED) is 0.393. The van der Waals surface area contributed by atoms with Crippen molar-refractivity contribution < 1.29 is 33.7 Å². The number of hydrogen-bond acceptors (Lipinski definition) is 5. The van der Waals surface area contributed by atoms with Gasteiger partial charge in [-0.2, -0.15) is 0 Å². The van der Waals surface area contributed by atoms with E-state index in [0.717, 1.165) is 24.6 Å². The van der Waals surface area contributed by atoms with Crippen LogP contribution in [0.3, 0.4) is 0 Å². The number of carbonyl (C=O) groups is 2. The topological polar surface area (TPSA) is 110 Å². The van der Waals surface area contributed by atoms with Crippen LogP contribution in [0.1, 0.15) is 51.5 Å². The van der Waals surface area contributed by atoms with Crippen molar-refractivity contribution in [3.8, 4) is 0 Å². The summed E-state index contributed by atoms with van der Waals surface area (Å²) in [6, 6.07) is 2.22. The van der Waals surface area contributed by atoms with Crippen LogP contribution in [0.25, 0.3) is 0 Å². The molecule has 1 saturated heterocycles. The standard InChI is InChI=1S/C24H34F2N2O5/c1-3-4-5-9-20(29)22(31)21(30)15(2)23(32)27-19-8-6-7-10-28(24(19)33)14-16-11-17(25)13-18(26)12-16/h5,9,11-13,15,19-22,29-31H,3-4,6-8,10,14H2,1-2H3,(H,27,32)/b9-5+/t15-,19+,20-,21-,22+/m1/s1. The number of nitrogens with one attached hydrogen (secondary N) is 1. The molecule has 0 radical (unpaired) electrons. The zero-order valence-electron chi connectivity index (χ0n) is 19.1. The van der Waals surface area contributed by atoms with E-state index in [9.17, 15) is 33.7 Å². The maximum absolute atomic E-state index is 13.5. The minimum atomic E-state index is -1.57. The second kappa shape index (κ2) is 12.8. The molecule has 0 aromatic heterocycles. The average Bonchev–Trinajstić information content (AvgIpc) is 2.93. The lowest BCUT2D eigenvalue weighted by Crippen LogP contribution is -2.52. The first-order chi connectivity index (χ1) is 15.6. The van der Waals surface area contributed by atoms with Gasteiger partial charge in [0.15, 0.2) is 0 Å². The number of aliphatic hydroxyl groups excluding tert-OH is 3. The Morgan fingerprint density at radius 2 is 1.85 bits per heavy atom. The molecule has 0 aliphatic carbocycles. The number of rotatable bonds is 10. The highest BCUT2D eigenvalue weighted by atomic mass is 19.1. The molecule has 1 aliphatic rings. The van der Waals surface area contributed by atoms with Crippen molar-refractivity contribution in [2.75, 3.05) is 6.54 Å². The third kappa shape index (κ3) is 7.87. The Hall–Kier alpha value is -2.36. The van der Waals surface area contributed by atoms with Crippen LogP contribution in [0.2, 0.25) is 0 Å². The first-order valence-electron chi connectivity index (χ1n) is 11.4. The second-order valence-corrected chi connectivity index (χ2v) is 8.57. The van der Waals surface area contributed by atoms with Gasteiger partial charge in [-0.15, -0.1) is 0 Å². The molecule has 5 atom stereocenters. The molecule has 1 fully saturated rings. The van der Waals surface area contributed by atoms with Gasteiger partial charge in [-0.25, -0.2) is 8.78 Å². The highest BCUT2D eigenvalue weighted by Crippen LogP contribution is 2.19. The maximum atomic E-state index is 13.5. The maximum Gasteiger partial charge on any atom is 0.245 e. The van der Waals surface area contributed by atoms with Gasteiger partial charge in [0, 0.05) is 19.2 Å². The fraction of sp³-hybridized carbons (Fsp3) is 0.583. The normalized spacial score (nSPS) is 20.9. The molecule has 33 heavy (non-hydrogen) atoms. The number of amides is 2. The van der Waals surface area contributed by atoms with Crippen LogP contribution >= 0.6 is 0 Å². The van der Waals surface area contributed by atoms with E-state index in [2.05, 4.69) is 5.32 Å². The molecule has 4 N–H and O–H groups in total. The van der Waals surface area contributed by atoms with Crippen LogP contribution in [-0.4, -0.2) is 62.9 Å². The highest BCUT2D eigenvalue weighted by molar-refractivity contribution is 5.88. The van der Waals surface area contributed by atoms with Gasteiger partial charge in [-0.05, 0) is 43.4 Å². The predicted molar refractivity (Wildman–Crippen MR) is 119 cm³/mol. The minimum absolute atomic E-state index is 0.00701. The smallest absolute Gasteiger partial charge is 0.245 e. The molecule has 1 aliphatic heterocycles. The van der Waals surface area contributed by atoms with Gasteiger partial charge in [-0.1, -0.05) is 32.4 Å². The molecule has 0 unspecified atom stereocenters. The summed E-state index contributed by atoms with van der Waals surface area (Å²) in [7, 11) is 0. The second-order valence-electron chi connectivity index (χ2n) is 8.57. The number of nitrogens with zero attached hydrogens (tertiary/aromatic N) is 1. The summed E-state index contributed by atoms with van der Waals surface area (Å²) in [5.74, 6) is -3.56. The lowest BCUT2D eigenvalue weighted by molar-refractivity contribution is -0.140. The van der Waals surface area contributed by atoms with E-state index in [4.69, 9.17) is 0 Å². The Morgan fingerprint density at radius 3 is 2.48 bits per heavy atom. The molecule has 1 aromatic carbocycles. The number of hydrogen-bond donors (Lipinski definition) is 4. The van der Waals surface area contributed by atoms with Crippen molar-refractivity contribution in [1.29, 1.82) is 0 Å². The summed E-state index contributed by atoms with van der Waals surface area (Å²) in [5.41, 5.74) is 0.310. The first-order valence-corrected chi connectivity index (χ1v) is 11.4. The summed E-state index contributed by atoms with van der Waals surface area (Å²) >= 11 is 0. The van der Waals surface area contributed by atoms with Gasteiger partial charge in [0.1, 0.15) is 29.9 Å². The van der Waals surface area contributed by atoms with Crippen LogP contribution in [0.15, 0.2) is 30.4 Å². The molecule has 0 saturated carbocycles. The fourth-order valence-corrected chi connectivity index (χ4v) is 3.79. The Balaban J connectivity index is 2.01. The summed E-state index contributed by atoms with van der Waals surface area (Å²) in [6.45, 7) is 3.75. The van der Waals surface area contributed by atoms with E-state index < -0.39 is 47.8 Å². The highest BCUT2D eigenvalue weighted by Gasteiger charge is 2.35. The zero-order valence-corrected chi connectivity index (χ0v) is 19.1. The molecule has 0 spiro atoms. The van der Waals surface area contributed by atoms with E-state index in [1.807, 2.05) is 6.92 Å². The number of allylic oxidation sites excluding steroid dienone is 1. The number of benzene rings is 1. The van der Waals surface area contributed by atoms with E-state index in [1.54, 1.807) is 6.08 Å². The Bertz CT molecular complexity index is 815. The Labute approximate surface area is 193 Å². The third-order valence-corrected chi connectivity index (χ3v) is 5.81. The molecule has 2 rings (SSSR count). The monoisotopic (exact) mass is 468 g/mol. The number of likely N-dealkylation sites (tertiary alicyclic amines) is 1. The van der Waals surface area contributed by atoms with E-state index >= 15 is 0 Å². The van der Waals surface area contributed by atoms with E-state index in [0.29, 0.717) is 37.8 Å². The van der Waals surface area contributed by atoms with Crippen LogP contribution < -0.4 is 5.32 Å². The largest absolute Gasteiger partial charge is 0.389 e. The SMILES string of the molecule is CCC/C=C/[C@@H](O)[C@H](O)[C@H](O)[C@@H](C)C(=O)N[C@H]1CCCCN(Cc2cc(F)cc(F)c2)C1=O. The Morgan fingerprint density at radius 1 is 1.18 bits per heavy atom. The number of carbonyl (C=O) groups excluding carboxylic acids is 2. The summed E-state index contributed by atoms with van der Waals surface area (Å²) in [4.78, 5) is 27.1. The van der Waals surface area contributed by atoms with Gasteiger partial charge >= 0.3 is 0 Å². The van der Waals surface area contributed by atoms with Gasteiger partial charge in [0.2, 0.25) is 11.8 Å². The zero-order chi connectivity index (χ0) is 24.5. The molecule has 7 nitrogen and oxygen atoms in total. The van der Waals surface area contributed by atoms with Gasteiger partial charge < -0.3 is 25.5 Å². The van der Waals surface area contributed by atoms with Crippen molar-refractivity contribution in [3.63, 3.8) is 0 Å².